The monoisotopic (exact) mass is 405 g/mol. The molecule has 0 amide bonds. The van der Waals surface area contributed by atoms with Crippen LogP contribution < -0.4 is 5.43 Å². The number of phenols is 1. The quantitative estimate of drug-likeness (QED) is 0.512. The molecule has 5 rings (SSSR count). The van der Waals surface area contributed by atoms with Crippen molar-refractivity contribution in [3.8, 4) is 5.75 Å². The highest BCUT2D eigenvalue weighted by atomic mass is 16.6. The van der Waals surface area contributed by atoms with Gasteiger partial charge in [-0.2, -0.15) is 5.10 Å². The second kappa shape index (κ2) is 7.11. The highest BCUT2D eigenvalue weighted by molar-refractivity contribution is 5.93. The number of fused-ring (bicyclic) bond motifs is 5. The van der Waals surface area contributed by atoms with E-state index >= 15 is 0 Å². The van der Waals surface area contributed by atoms with Gasteiger partial charge in [0.2, 0.25) is 0 Å². The van der Waals surface area contributed by atoms with Crippen molar-refractivity contribution in [2.75, 3.05) is 5.43 Å². The summed E-state index contributed by atoms with van der Waals surface area (Å²) >= 11 is 0. The summed E-state index contributed by atoms with van der Waals surface area (Å²) in [5.41, 5.74) is 8.13. The Kier molecular flexibility index (Phi) is 4.53. The number of anilines is 1. The van der Waals surface area contributed by atoms with E-state index in [2.05, 4.69) is 18.4 Å². The van der Waals surface area contributed by atoms with Gasteiger partial charge in [0.25, 0.3) is 5.69 Å². The Hall–Kier alpha value is -2.89. The summed E-state index contributed by atoms with van der Waals surface area (Å²) in [7, 11) is 0. The SMILES string of the molecule is C[C@@]12CC[C@H]3c4ccc(O)cc4CC[C@@H]3[C@@H]1CC/C2=N/Nc1ccc([N+](=O)[O-])cc1. The highest BCUT2D eigenvalue weighted by Gasteiger charge is 2.53. The zero-order chi connectivity index (χ0) is 20.9. The lowest BCUT2D eigenvalue weighted by Crippen LogP contribution is -2.42. The lowest BCUT2D eigenvalue weighted by atomic mass is 9.55. The van der Waals surface area contributed by atoms with Gasteiger partial charge in [-0.25, -0.2) is 0 Å². The van der Waals surface area contributed by atoms with Crippen molar-refractivity contribution in [1.82, 2.24) is 0 Å². The maximum atomic E-state index is 10.8. The molecule has 0 saturated heterocycles. The topological polar surface area (TPSA) is 87.8 Å². The Morgan fingerprint density at radius 1 is 1.13 bits per heavy atom. The molecule has 0 bridgehead atoms. The van der Waals surface area contributed by atoms with E-state index in [0.717, 1.165) is 31.4 Å². The first kappa shape index (κ1) is 19.1. The molecule has 3 aliphatic rings. The van der Waals surface area contributed by atoms with Crippen LogP contribution in [-0.4, -0.2) is 15.7 Å². The molecule has 156 valence electrons. The van der Waals surface area contributed by atoms with Crippen molar-refractivity contribution in [2.45, 2.75) is 51.4 Å². The van der Waals surface area contributed by atoms with Crippen LogP contribution in [0.4, 0.5) is 11.4 Å². The number of aromatic hydroxyl groups is 1. The number of non-ortho nitro benzene ring substituents is 1. The minimum absolute atomic E-state index is 0.0883. The van der Waals surface area contributed by atoms with Crippen LogP contribution in [0.1, 0.15) is 56.1 Å². The van der Waals surface area contributed by atoms with Gasteiger partial charge in [-0.05, 0) is 91.7 Å². The van der Waals surface area contributed by atoms with E-state index in [0.29, 0.717) is 23.5 Å². The number of nitro groups is 1. The molecule has 0 aliphatic heterocycles. The van der Waals surface area contributed by atoms with Gasteiger partial charge in [-0.15, -0.1) is 0 Å². The van der Waals surface area contributed by atoms with E-state index < -0.39 is 0 Å². The first-order valence-electron chi connectivity index (χ1n) is 10.8. The van der Waals surface area contributed by atoms with Gasteiger partial charge in [0.1, 0.15) is 5.75 Å². The van der Waals surface area contributed by atoms with Gasteiger partial charge in [0.15, 0.2) is 0 Å². The van der Waals surface area contributed by atoms with Crippen molar-refractivity contribution in [3.63, 3.8) is 0 Å². The maximum Gasteiger partial charge on any atom is 0.269 e. The number of hydrogen-bond donors (Lipinski definition) is 2. The molecule has 3 aliphatic carbocycles. The van der Waals surface area contributed by atoms with Gasteiger partial charge in [0, 0.05) is 23.3 Å². The van der Waals surface area contributed by atoms with E-state index in [-0.39, 0.29) is 16.0 Å². The standard InChI is InChI=1S/C24H27N3O3/c1-24-13-12-20-19-9-7-18(28)14-15(19)2-8-21(20)22(24)10-11-23(24)26-25-16-3-5-17(6-4-16)27(29)30/h3-7,9,14,20-22,25,28H,2,8,10-13H2,1H3/b26-23-/t20-,21-,22-,24+/m0/s1. The van der Waals surface area contributed by atoms with E-state index in [4.69, 9.17) is 5.10 Å². The van der Waals surface area contributed by atoms with Gasteiger partial charge in [-0.1, -0.05) is 13.0 Å². The summed E-state index contributed by atoms with van der Waals surface area (Å²) in [6.07, 6.45) is 6.69. The fourth-order valence-electron chi connectivity index (χ4n) is 6.33. The zero-order valence-corrected chi connectivity index (χ0v) is 17.2. The molecule has 2 N–H and O–H groups in total. The van der Waals surface area contributed by atoms with Crippen LogP contribution in [0.3, 0.4) is 0 Å². The first-order chi connectivity index (χ1) is 14.5. The van der Waals surface area contributed by atoms with Crippen molar-refractivity contribution >= 4 is 17.1 Å². The highest BCUT2D eigenvalue weighted by Crippen LogP contribution is 2.60. The van der Waals surface area contributed by atoms with Gasteiger partial charge in [0.05, 0.1) is 10.6 Å². The number of nitro benzene ring substituents is 1. The predicted octanol–water partition coefficient (Wildman–Crippen LogP) is 5.62. The summed E-state index contributed by atoms with van der Waals surface area (Å²) < 4.78 is 0. The molecule has 0 spiro atoms. The maximum absolute atomic E-state index is 10.8. The predicted molar refractivity (Wildman–Crippen MR) is 117 cm³/mol. The molecular weight excluding hydrogens is 378 g/mol. The fourth-order valence-corrected chi connectivity index (χ4v) is 6.33. The van der Waals surface area contributed by atoms with E-state index in [1.807, 2.05) is 12.1 Å². The van der Waals surface area contributed by atoms with Crippen molar-refractivity contribution in [2.24, 2.45) is 22.4 Å². The molecule has 6 nitrogen and oxygen atoms in total. The van der Waals surface area contributed by atoms with Crippen molar-refractivity contribution in [3.05, 3.63) is 63.7 Å². The number of hydrogen-bond acceptors (Lipinski definition) is 5. The molecule has 2 aromatic carbocycles. The second-order valence-corrected chi connectivity index (χ2v) is 9.27. The normalized spacial score (nSPS) is 31.0. The van der Waals surface area contributed by atoms with E-state index in [9.17, 15) is 15.2 Å². The molecule has 2 aromatic rings. The Balaban J connectivity index is 1.35. The largest absolute Gasteiger partial charge is 0.508 e. The number of benzene rings is 2. The molecule has 6 heteroatoms. The summed E-state index contributed by atoms with van der Waals surface area (Å²) in [6, 6.07) is 12.4. The molecule has 0 unspecified atom stereocenters. The van der Waals surface area contributed by atoms with Crippen molar-refractivity contribution in [1.29, 1.82) is 0 Å². The number of nitrogens with zero attached hydrogens (tertiary/aromatic N) is 2. The third kappa shape index (κ3) is 3.06. The first-order valence-corrected chi connectivity index (χ1v) is 10.8. The lowest BCUT2D eigenvalue weighted by Gasteiger charge is -2.49. The number of nitrogens with one attached hydrogen (secondary N) is 1. The summed E-state index contributed by atoms with van der Waals surface area (Å²) in [6.45, 7) is 2.38. The van der Waals surface area contributed by atoms with Crippen LogP contribution in [0.15, 0.2) is 47.6 Å². The molecule has 0 aromatic heterocycles. The van der Waals surface area contributed by atoms with Gasteiger partial charge >= 0.3 is 0 Å². The Morgan fingerprint density at radius 3 is 2.70 bits per heavy atom. The van der Waals surface area contributed by atoms with E-state index in [1.54, 1.807) is 12.1 Å². The molecule has 4 atom stereocenters. The molecule has 30 heavy (non-hydrogen) atoms. The number of hydrazone groups is 1. The Labute approximate surface area is 176 Å². The van der Waals surface area contributed by atoms with Crippen LogP contribution >= 0.6 is 0 Å². The van der Waals surface area contributed by atoms with Crippen LogP contribution in [0.5, 0.6) is 5.75 Å². The number of rotatable bonds is 3. The number of aryl methyl sites for hydroxylation is 1. The minimum atomic E-state index is -0.388. The number of phenolic OH excluding ortho intramolecular Hbond substituents is 1. The van der Waals surface area contributed by atoms with Crippen LogP contribution in [0.2, 0.25) is 0 Å². The molecule has 2 saturated carbocycles. The zero-order valence-electron chi connectivity index (χ0n) is 17.2. The minimum Gasteiger partial charge on any atom is -0.508 e. The summed E-state index contributed by atoms with van der Waals surface area (Å²) in [5, 5.41) is 25.5. The average molecular weight is 405 g/mol. The lowest BCUT2D eigenvalue weighted by molar-refractivity contribution is -0.384. The van der Waals surface area contributed by atoms with Gasteiger partial charge < -0.3 is 5.11 Å². The van der Waals surface area contributed by atoms with Crippen LogP contribution in [0, 0.1) is 27.4 Å². The van der Waals surface area contributed by atoms with E-state index in [1.165, 1.54) is 41.8 Å². The molecule has 0 heterocycles. The molecule has 2 fully saturated rings. The van der Waals surface area contributed by atoms with Crippen molar-refractivity contribution < 1.29 is 10.0 Å². The smallest absolute Gasteiger partial charge is 0.269 e. The van der Waals surface area contributed by atoms with Gasteiger partial charge in [-0.3, -0.25) is 15.5 Å². The molecular formula is C24H27N3O3. The van der Waals surface area contributed by atoms with Crippen LogP contribution in [0.25, 0.3) is 0 Å². The van der Waals surface area contributed by atoms with Crippen LogP contribution in [-0.2, 0) is 6.42 Å². The Bertz CT molecular complexity index is 1020. The molecule has 0 radical (unpaired) electrons. The Morgan fingerprint density at radius 2 is 1.93 bits per heavy atom. The third-order valence-corrected chi connectivity index (χ3v) is 7.85. The average Bonchev–Trinajstić information content (AvgIpc) is 3.08. The summed E-state index contributed by atoms with van der Waals surface area (Å²) in [5.74, 6) is 2.28. The fraction of sp³-hybridized carbons (Fsp3) is 0.458. The summed E-state index contributed by atoms with van der Waals surface area (Å²) in [4.78, 5) is 10.4. The second-order valence-electron chi connectivity index (χ2n) is 9.27. The third-order valence-electron chi connectivity index (χ3n) is 7.85.